The molecule has 1 aromatic carbocycles. The Balaban J connectivity index is 2.90. The van der Waals surface area contributed by atoms with E-state index in [2.05, 4.69) is 21.1 Å². The normalized spacial score (nSPS) is 10.5. The summed E-state index contributed by atoms with van der Waals surface area (Å²) in [5.41, 5.74) is 0.466. The van der Waals surface area contributed by atoms with Gasteiger partial charge in [-0.15, -0.1) is 0 Å². The summed E-state index contributed by atoms with van der Waals surface area (Å²) in [6.45, 7) is -0.548. The average Bonchev–Trinajstić information content (AvgIpc) is 2.17. The van der Waals surface area contributed by atoms with Gasteiger partial charge in [0, 0.05) is 10.0 Å². The maximum atomic E-state index is 10.2. The molecular formula is C9H7BrNO4-. The molecule has 0 aliphatic carbocycles. The first-order valence-corrected chi connectivity index (χ1v) is 4.72. The second kappa shape index (κ2) is 5.35. The molecule has 0 saturated heterocycles. The predicted octanol–water partition coefficient (Wildman–Crippen LogP) is 0.386. The average molecular weight is 273 g/mol. The molecule has 0 amide bonds. The van der Waals surface area contributed by atoms with Gasteiger partial charge < -0.3 is 19.8 Å². The first-order chi connectivity index (χ1) is 7.13. The molecule has 1 aromatic rings. The summed E-state index contributed by atoms with van der Waals surface area (Å²) in [4.78, 5) is 10.2. The zero-order valence-electron chi connectivity index (χ0n) is 7.51. The van der Waals surface area contributed by atoms with Crippen LogP contribution in [0.5, 0.6) is 5.75 Å². The van der Waals surface area contributed by atoms with E-state index in [4.69, 9.17) is 9.94 Å². The number of carbonyl (C=O) groups excluding carboxylic acids is 1. The van der Waals surface area contributed by atoms with Gasteiger partial charge in [0.25, 0.3) is 0 Å². The van der Waals surface area contributed by atoms with Gasteiger partial charge in [0.05, 0.1) is 12.2 Å². The molecule has 1 rings (SSSR count). The maximum absolute atomic E-state index is 10.2. The number of carbonyl (C=O) groups is 1. The highest BCUT2D eigenvalue weighted by Gasteiger charge is 2.02. The van der Waals surface area contributed by atoms with Gasteiger partial charge in [-0.3, -0.25) is 0 Å². The van der Waals surface area contributed by atoms with Crippen molar-refractivity contribution < 1.29 is 19.8 Å². The highest BCUT2D eigenvalue weighted by Crippen LogP contribution is 2.21. The summed E-state index contributed by atoms with van der Waals surface area (Å²) in [6.07, 6.45) is 1.15. The highest BCUT2D eigenvalue weighted by molar-refractivity contribution is 9.10. The summed E-state index contributed by atoms with van der Waals surface area (Å²) in [6, 6.07) is 4.87. The third-order valence-corrected chi connectivity index (χ3v) is 2.01. The third-order valence-electron chi connectivity index (χ3n) is 1.51. The number of oxime groups is 1. The van der Waals surface area contributed by atoms with E-state index in [1.807, 2.05) is 0 Å². The summed E-state index contributed by atoms with van der Waals surface area (Å²) >= 11 is 3.22. The Bertz CT molecular complexity index is 392. The minimum absolute atomic E-state index is 0.306. The molecule has 0 saturated carbocycles. The number of hydrogen-bond donors (Lipinski definition) is 1. The molecule has 0 atom stereocenters. The number of nitrogens with zero attached hydrogens (tertiary/aromatic N) is 1. The Hall–Kier alpha value is -1.56. The van der Waals surface area contributed by atoms with Gasteiger partial charge in [-0.25, -0.2) is 0 Å². The van der Waals surface area contributed by atoms with Crippen LogP contribution in [0.2, 0.25) is 0 Å². The van der Waals surface area contributed by atoms with Crippen LogP contribution in [0.1, 0.15) is 5.56 Å². The zero-order valence-corrected chi connectivity index (χ0v) is 9.10. The van der Waals surface area contributed by atoms with Crippen molar-refractivity contribution >= 4 is 28.1 Å². The van der Waals surface area contributed by atoms with E-state index >= 15 is 0 Å². The number of carboxylic acids is 1. The molecule has 0 aliphatic heterocycles. The van der Waals surface area contributed by atoms with Crippen LogP contribution in [0.4, 0.5) is 0 Å². The van der Waals surface area contributed by atoms with Gasteiger partial charge in [-0.2, -0.15) is 0 Å². The molecule has 0 spiro atoms. The molecule has 0 bridgehead atoms. The monoisotopic (exact) mass is 272 g/mol. The Kier molecular flexibility index (Phi) is 4.11. The van der Waals surface area contributed by atoms with Gasteiger partial charge in [-0.1, -0.05) is 21.1 Å². The van der Waals surface area contributed by atoms with E-state index in [9.17, 15) is 9.90 Å². The number of ether oxygens (including phenoxy) is 1. The van der Waals surface area contributed by atoms with Gasteiger partial charge >= 0.3 is 0 Å². The number of aliphatic carboxylic acids is 1. The molecule has 0 fully saturated rings. The summed E-state index contributed by atoms with van der Waals surface area (Å²) < 4.78 is 5.68. The maximum Gasteiger partial charge on any atom is 0.128 e. The Morgan fingerprint density at radius 2 is 2.40 bits per heavy atom. The standard InChI is InChI=1S/C9H8BrNO4/c10-7-1-2-8(15-5-9(12)13)6(3-7)4-11-14/h1-4,14H,5H2,(H,12,13)/p-1/b11-4-. The van der Waals surface area contributed by atoms with Crippen molar-refractivity contribution in [3.63, 3.8) is 0 Å². The molecule has 6 heteroatoms. The van der Waals surface area contributed by atoms with E-state index in [1.54, 1.807) is 18.2 Å². The lowest BCUT2D eigenvalue weighted by molar-refractivity contribution is -0.307. The SMILES string of the molecule is O=C([O-])COc1ccc(Br)cc1/C=N\O. The second-order valence-electron chi connectivity index (χ2n) is 2.59. The molecular weight excluding hydrogens is 266 g/mol. The van der Waals surface area contributed by atoms with Crippen LogP contribution >= 0.6 is 15.9 Å². The van der Waals surface area contributed by atoms with Crippen LogP contribution in [-0.2, 0) is 4.79 Å². The topological polar surface area (TPSA) is 82.0 Å². The summed E-state index contributed by atoms with van der Waals surface area (Å²) in [5, 5.41) is 21.4. The van der Waals surface area contributed by atoms with E-state index < -0.39 is 12.6 Å². The zero-order chi connectivity index (χ0) is 11.3. The predicted molar refractivity (Wildman–Crippen MR) is 54.0 cm³/mol. The summed E-state index contributed by atoms with van der Waals surface area (Å²) in [7, 11) is 0. The van der Waals surface area contributed by atoms with E-state index in [1.165, 1.54) is 0 Å². The number of rotatable bonds is 4. The van der Waals surface area contributed by atoms with Crippen molar-refractivity contribution in [3.05, 3.63) is 28.2 Å². The van der Waals surface area contributed by atoms with Crippen LogP contribution < -0.4 is 9.84 Å². The van der Waals surface area contributed by atoms with Gasteiger partial charge in [0.2, 0.25) is 0 Å². The Morgan fingerprint density at radius 1 is 1.67 bits per heavy atom. The van der Waals surface area contributed by atoms with Crippen molar-refractivity contribution in [1.82, 2.24) is 0 Å². The van der Waals surface area contributed by atoms with Gasteiger partial charge in [0.15, 0.2) is 0 Å². The van der Waals surface area contributed by atoms with Crippen LogP contribution in [0.25, 0.3) is 0 Å². The summed E-state index contributed by atoms with van der Waals surface area (Å²) in [5.74, 6) is -1.01. The quantitative estimate of drug-likeness (QED) is 0.488. The van der Waals surface area contributed by atoms with E-state index in [-0.39, 0.29) is 0 Å². The first-order valence-electron chi connectivity index (χ1n) is 3.93. The molecule has 0 aromatic heterocycles. The molecule has 0 radical (unpaired) electrons. The fraction of sp³-hybridized carbons (Fsp3) is 0.111. The fourth-order valence-corrected chi connectivity index (χ4v) is 1.33. The number of benzene rings is 1. The van der Waals surface area contributed by atoms with Crippen molar-refractivity contribution in [2.45, 2.75) is 0 Å². The van der Waals surface area contributed by atoms with Crippen molar-refractivity contribution in [1.29, 1.82) is 0 Å². The van der Waals surface area contributed by atoms with Crippen molar-refractivity contribution in [3.8, 4) is 5.75 Å². The van der Waals surface area contributed by atoms with Crippen LogP contribution in [0.3, 0.4) is 0 Å². The molecule has 0 aliphatic rings. The minimum Gasteiger partial charge on any atom is -0.546 e. The second-order valence-corrected chi connectivity index (χ2v) is 3.50. The molecule has 0 heterocycles. The first kappa shape index (κ1) is 11.5. The lowest BCUT2D eigenvalue weighted by atomic mass is 10.2. The van der Waals surface area contributed by atoms with E-state index in [0.717, 1.165) is 10.7 Å². The minimum atomic E-state index is -1.31. The number of halogens is 1. The Labute approximate surface area is 94.1 Å². The molecule has 0 unspecified atom stereocenters. The largest absolute Gasteiger partial charge is 0.546 e. The number of hydrogen-bond acceptors (Lipinski definition) is 5. The third kappa shape index (κ3) is 3.59. The molecule has 15 heavy (non-hydrogen) atoms. The smallest absolute Gasteiger partial charge is 0.128 e. The van der Waals surface area contributed by atoms with Crippen LogP contribution in [0.15, 0.2) is 27.8 Å². The van der Waals surface area contributed by atoms with Crippen LogP contribution in [0, 0.1) is 0 Å². The van der Waals surface area contributed by atoms with Gasteiger partial charge in [0.1, 0.15) is 12.4 Å². The highest BCUT2D eigenvalue weighted by atomic mass is 79.9. The lowest BCUT2D eigenvalue weighted by Gasteiger charge is -2.09. The van der Waals surface area contributed by atoms with Crippen molar-refractivity contribution in [2.24, 2.45) is 5.16 Å². The lowest BCUT2D eigenvalue weighted by Crippen LogP contribution is -2.29. The van der Waals surface area contributed by atoms with E-state index in [0.29, 0.717) is 11.3 Å². The molecule has 1 N–H and O–H groups in total. The van der Waals surface area contributed by atoms with Crippen molar-refractivity contribution in [2.75, 3.05) is 6.61 Å². The molecule has 80 valence electrons. The van der Waals surface area contributed by atoms with Crippen LogP contribution in [-0.4, -0.2) is 24.0 Å². The van der Waals surface area contributed by atoms with Gasteiger partial charge in [-0.05, 0) is 18.2 Å². The molecule has 5 nitrogen and oxygen atoms in total. The number of carboxylic acid groups (broad SMARTS) is 1. The Morgan fingerprint density at radius 3 is 3.00 bits per heavy atom. The fourth-order valence-electron chi connectivity index (χ4n) is 0.951.